The lowest BCUT2D eigenvalue weighted by Gasteiger charge is -2.23. The fraction of sp³-hybridized carbons (Fsp3) is 0.750. The second-order valence-electron chi connectivity index (χ2n) is 4.40. The molecule has 0 amide bonds. The van der Waals surface area contributed by atoms with Crippen LogP contribution in [0.25, 0.3) is 0 Å². The Balaban J connectivity index is 1.94. The van der Waals surface area contributed by atoms with Gasteiger partial charge in [-0.3, -0.25) is 0 Å². The van der Waals surface area contributed by atoms with Crippen molar-refractivity contribution in [2.24, 2.45) is 0 Å². The zero-order valence-corrected chi connectivity index (χ0v) is 9.98. The minimum Gasteiger partial charge on any atom is -0.385 e. The maximum atomic E-state index is 5.08. The molecule has 1 fully saturated rings. The molecular weight excluding hydrogens is 202 g/mol. The van der Waals surface area contributed by atoms with Crippen LogP contribution in [0, 0.1) is 0 Å². The number of nitrogens with zero attached hydrogens (tertiary/aromatic N) is 2. The van der Waals surface area contributed by atoms with Gasteiger partial charge in [-0.1, -0.05) is 0 Å². The monoisotopic (exact) mass is 223 g/mol. The van der Waals surface area contributed by atoms with E-state index in [1.54, 1.807) is 7.11 Å². The van der Waals surface area contributed by atoms with E-state index in [2.05, 4.69) is 14.9 Å². The van der Waals surface area contributed by atoms with Gasteiger partial charge in [0.1, 0.15) is 0 Å². The summed E-state index contributed by atoms with van der Waals surface area (Å²) in [6.07, 6.45) is 7.57. The summed E-state index contributed by atoms with van der Waals surface area (Å²) >= 11 is 0. The first-order chi connectivity index (χ1) is 7.92. The number of piperidine rings is 1. The molecule has 0 aliphatic carbocycles. The van der Waals surface area contributed by atoms with Gasteiger partial charge in [-0.2, -0.15) is 0 Å². The van der Waals surface area contributed by atoms with Gasteiger partial charge in [0.15, 0.2) is 0 Å². The lowest BCUT2D eigenvalue weighted by Crippen LogP contribution is -2.29. The molecule has 16 heavy (non-hydrogen) atoms. The molecular formula is C12H21N3O. The molecule has 2 heterocycles. The van der Waals surface area contributed by atoms with Crippen molar-refractivity contribution >= 4 is 0 Å². The number of nitrogens with one attached hydrogen (secondary N) is 1. The van der Waals surface area contributed by atoms with Crippen molar-refractivity contribution in [2.45, 2.75) is 31.7 Å². The molecule has 1 aromatic heterocycles. The molecule has 1 atom stereocenters. The lowest BCUT2D eigenvalue weighted by molar-refractivity contribution is 0.189. The maximum absolute atomic E-state index is 5.08. The molecule has 0 saturated carbocycles. The van der Waals surface area contributed by atoms with Crippen LogP contribution in [-0.2, 0) is 11.3 Å². The first-order valence-electron chi connectivity index (χ1n) is 6.11. The molecule has 0 spiro atoms. The number of hydrogen-bond donors (Lipinski definition) is 1. The van der Waals surface area contributed by atoms with Crippen molar-refractivity contribution in [1.82, 2.24) is 14.9 Å². The normalized spacial score (nSPS) is 21.2. The third-order valence-electron chi connectivity index (χ3n) is 3.21. The average Bonchev–Trinajstić information content (AvgIpc) is 2.79. The van der Waals surface area contributed by atoms with Gasteiger partial charge >= 0.3 is 0 Å². The number of hydrogen-bond acceptors (Lipinski definition) is 3. The van der Waals surface area contributed by atoms with E-state index in [1.165, 1.54) is 18.5 Å². The van der Waals surface area contributed by atoms with Gasteiger partial charge in [-0.05, 0) is 25.8 Å². The maximum Gasteiger partial charge on any atom is 0.0948 e. The van der Waals surface area contributed by atoms with E-state index < -0.39 is 0 Å². The van der Waals surface area contributed by atoms with Crippen molar-refractivity contribution in [3.8, 4) is 0 Å². The van der Waals surface area contributed by atoms with Crippen LogP contribution >= 0.6 is 0 Å². The van der Waals surface area contributed by atoms with Gasteiger partial charge in [0.05, 0.1) is 6.33 Å². The summed E-state index contributed by atoms with van der Waals surface area (Å²) in [5, 5.41) is 3.45. The third kappa shape index (κ3) is 2.83. The molecule has 1 N–H and O–H groups in total. The predicted octanol–water partition coefficient (Wildman–Crippen LogP) is 1.39. The molecule has 0 aromatic carbocycles. The van der Waals surface area contributed by atoms with Crippen LogP contribution in [0.3, 0.4) is 0 Å². The van der Waals surface area contributed by atoms with Gasteiger partial charge in [0, 0.05) is 44.6 Å². The molecule has 1 saturated heterocycles. The predicted molar refractivity (Wildman–Crippen MR) is 63.6 cm³/mol. The van der Waals surface area contributed by atoms with Gasteiger partial charge in [0.25, 0.3) is 0 Å². The van der Waals surface area contributed by atoms with Crippen LogP contribution in [0.2, 0.25) is 0 Å². The first kappa shape index (κ1) is 11.6. The summed E-state index contributed by atoms with van der Waals surface area (Å²) in [5.41, 5.74) is 1.38. The van der Waals surface area contributed by atoms with Crippen LogP contribution in [0.1, 0.15) is 30.9 Å². The van der Waals surface area contributed by atoms with E-state index in [1.807, 2.05) is 12.5 Å². The van der Waals surface area contributed by atoms with E-state index in [9.17, 15) is 0 Å². The molecule has 0 bridgehead atoms. The zero-order chi connectivity index (χ0) is 11.2. The minimum atomic E-state index is 0.638. The molecule has 0 radical (unpaired) electrons. The Labute approximate surface area is 97.0 Å². The smallest absolute Gasteiger partial charge is 0.0948 e. The number of imidazole rings is 1. The number of rotatable bonds is 5. The van der Waals surface area contributed by atoms with E-state index in [-0.39, 0.29) is 0 Å². The van der Waals surface area contributed by atoms with Crippen molar-refractivity contribution in [2.75, 3.05) is 26.8 Å². The van der Waals surface area contributed by atoms with E-state index in [0.717, 1.165) is 32.7 Å². The summed E-state index contributed by atoms with van der Waals surface area (Å²) in [6.45, 7) is 4.09. The Hall–Kier alpha value is -0.870. The molecule has 4 heteroatoms. The molecule has 4 nitrogen and oxygen atoms in total. The summed E-state index contributed by atoms with van der Waals surface area (Å²) in [7, 11) is 1.75. The molecule has 1 aliphatic heterocycles. The SMILES string of the molecule is COCCCn1cncc1C1CCCNC1. The number of aromatic nitrogens is 2. The highest BCUT2D eigenvalue weighted by Gasteiger charge is 2.18. The van der Waals surface area contributed by atoms with Crippen LogP contribution < -0.4 is 5.32 Å². The molecule has 1 aliphatic rings. The van der Waals surface area contributed by atoms with Gasteiger partial charge in [0.2, 0.25) is 0 Å². The molecule has 1 unspecified atom stereocenters. The van der Waals surface area contributed by atoms with Crippen molar-refractivity contribution in [3.05, 3.63) is 18.2 Å². The fourth-order valence-corrected chi connectivity index (χ4v) is 2.34. The topological polar surface area (TPSA) is 39.1 Å². The molecule has 1 aromatic rings. The fourth-order valence-electron chi connectivity index (χ4n) is 2.34. The minimum absolute atomic E-state index is 0.638. The molecule has 2 rings (SSSR count). The average molecular weight is 223 g/mol. The van der Waals surface area contributed by atoms with Gasteiger partial charge < -0.3 is 14.6 Å². The highest BCUT2D eigenvalue weighted by molar-refractivity contribution is 5.08. The summed E-state index contributed by atoms with van der Waals surface area (Å²) < 4.78 is 7.35. The first-order valence-corrected chi connectivity index (χ1v) is 6.11. The van der Waals surface area contributed by atoms with Crippen LogP contribution in [0.4, 0.5) is 0 Å². The van der Waals surface area contributed by atoms with E-state index in [4.69, 9.17) is 4.74 Å². The standard InChI is InChI=1S/C12H21N3O/c1-16-7-3-6-15-10-14-9-12(15)11-4-2-5-13-8-11/h9-11,13H,2-8H2,1H3. The van der Waals surface area contributed by atoms with Crippen molar-refractivity contribution in [3.63, 3.8) is 0 Å². The Bertz CT molecular complexity index is 305. The number of methoxy groups -OCH3 is 1. The van der Waals surface area contributed by atoms with Gasteiger partial charge in [-0.15, -0.1) is 0 Å². The Morgan fingerprint density at radius 1 is 1.62 bits per heavy atom. The van der Waals surface area contributed by atoms with Crippen LogP contribution in [-0.4, -0.2) is 36.4 Å². The Kier molecular flexibility index (Phi) is 4.36. The quantitative estimate of drug-likeness (QED) is 0.767. The number of ether oxygens (including phenoxy) is 1. The zero-order valence-electron chi connectivity index (χ0n) is 9.98. The highest BCUT2D eigenvalue weighted by Crippen LogP contribution is 2.22. The summed E-state index contributed by atoms with van der Waals surface area (Å²) in [6, 6.07) is 0. The largest absolute Gasteiger partial charge is 0.385 e. The van der Waals surface area contributed by atoms with Crippen LogP contribution in [0.15, 0.2) is 12.5 Å². The third-order valence-corrected chi connectivity index (χ3v) is 3.21. The van der Waals surface area contributed by atoms with Crippen molar-refractivity contribution < 1.29 is 4.74 Å². The van der Waals surface area contributed by atoms with E-state index >= 15 is 0 Å². The lowest BCUT2D eigenvalue weighted by atomic mass is 9.96. The Morgan fingerprint density at radius 2 is 2.56 bits per heavy atom. The second kappa shape index (κ2) is 6.01. The van der Waals surface area contributed by atoms with Crippen LogP contribution in [0.5, 0.6) is 0 Å². The highest BCUT2D eigenvalue weighted by atomic mass is 16.5. The van der Waals surface area contributed by atoms with E-state index in [0.29, 0.717) is 5.92 Å². The second-order valence-corrected chi connectivity index (χ2v) is 4.40. The van der Waals surface area contributed by atoms with Crippen molar-refractivity contribution in [1.29, 1.82) is 0 Å². The van der Waals surface area contributed by atoms with Gasteiger partial charge in [-0.25, -0.2) is 4.98 Å². The molecule has 90 valence electrons. The Morgan fingerprint density at radius 3 is 3.31 bits per heavy atom. The summed E-state index contributed by atoms with van der Waals surface area (Å²) in [4.78, 5) is 4.27. The summed E-state index contributed by atoms with van der Waals surface area (Å²) in [5.74, 6) is 0.638. The number of aryl methyl sites for hydroxylation is 1.